The normalized spacial score (nSPS) is 16.3. The molecule has 1 aromatic carbocycles. The molecule has 12 nitrogen and oxygen atoms in total. The van der Waals surface area contributed by atoms with Crippen LogP contribution in [0.5, 0.6) is 5.75 Å². The van der Waals surface area contributed by atoms with Gasteiger partial charge in [-0.3, -0.25) is 4.74 Å². The maximum Gasteiger partial charge on any atom is 0.410 e. The standard InChI is InChI=1S/C18H27BN2O10/c1-15(2,3)30-14(22)21-10-8-20(9-11-21)12-4-6-13(7-5-12)29-16(23,24)17(25,26)31-18(19,27)28/h4-7,23-28H,8-11H2,1-3H3. The third-order valence-corrected chi connectivity index (χ3v) is 4.11. The van der Waals surface area contributed by atoms with Gasteiger partial charge in [-0.05, 0) is 45.0 Å². The first-order chi connectivity index (χ1) is 14.0. The summed E-state index contributed by atoms with van der Waals surface area (Å²) in [4.78, 5) is 15.7. The van der Waals surface area contributed by atoms with Crippen molar-refractivity contribution in [1.82, 2.24) is 4.90 Å². The SMILES string of the molecule is [B]C(O)(O)OC(O)(O)C(O)(O)Oc1ccc(N2CCN(C(=O)OC(C)(C)C)CC2)cc1. The molecule has 0 spiro atoms. The van der Waals surface area contributed by atoms with Crippen molar-refractivity contribution in [1.29, 1.82) is 0 Å². The van der Waals surface area contributed by atoms with Gasteiger partial charge in [0, 0.05) is 31.9 Å². The van der Waals surface area contributed by atoms with Crippen LogP contribution in [0.4, 0.5) is 10.5 Å². The molecule has 0 saturated carbocycles. The van der Waals surface area contributed by atoms with E-state index in [1.807, 2.05) is 4.90 Å². The Morgan fingerprint density at radius 3 is 1.87 bits per heavy atom. The van der Waals surface area contributed by atoms with Gasteiger partial charge in [-0.15, -0.1) is 0 Å². The highest BCUT2D eigenvalue weighted by atomic mass is 16.9. The smallest absolute Gasteiger partial charge is 0.410 e. The number of nitrogens with zero attached hydrogens (tertiary/aromatic N) is 2. The average molecular weight is 442 g/mol. The molecule has 13 heteroatoms. The van der Waals surface area contributed by atoms with Gasteiger partial charge >= 0.3 is 18.0 Å². The molecule has 1 aliphatic rings. The van der Waals surface area contributed by atoms with E-state index in [0.717, 1.165) is 5.69 Å². The molecular weight excluding hydrogens is 415 g/mol. The highest BCUT2D eigenvalue weighted by Gasteiger charge is 2.55. The second-order valence-corrected chi connectivity index (χ2v) is 8.03. The Morgan fingerprint density at radius 2 is 1.42 bits per heavy atom. The van der Waals surface area contributed by atoms with E-state index >= 15 is 0 Å². The van der Waals surface area contributed by atoms with Crippen LogP contribution < -0.4 is 9.64 Å². The summed E-state index contributed by atoms with van der Waals surface area (Å²) in [6, 6.07) is 5.75. The highest BCUT2D eigenvalue weighted by Crippen LogP contribution is 2.28. The molecule has 31 heavy (non-hydrogen) atoms. The quantitative estimate of drug-likeness (QED) is 0.216. The Morgan fingerprint density at radius 1 is 0.903 bits per heavy atom. The number of carbonyl (C=O) groups excluding carboxylic acids is 1. The monoisotopic (exact) mass is 442 g/mol. The molecule has 1 fully saturated rings. The minimum absolute atomic E-state index is 0.212. The summed E-state index contributed by atoms with van der Waals surface area (Å²) < 4.78 is 13.8. The minimum Gasteiger partial charge on any atom is -0.444 e. The predicted molar refractivity (Wildman–Crippen MR) is 105 cm³/mol. The number of aliphatic hydroxyl groups is 6. The van der Waals surface area contributed by atoms with Gasteiger partial charge in [0.2, 0.25) is 5.87 Å². The van der Waals surface area contributed by atoms with Gasteiger partial charge in [-0.2, -0.15) is 0 Å². The van der Waals surface area contributed by atoms with Crippen molar-refractivity contribution in [3.63, 3.8) is 0 Å². The molecule has 1 aromatic rings. The van der Waals surface area contributed by atoms with Gasteiger partial charge < -0.3 is 49.9 Å². The fourth-order valence-electron chi connectivity index (χ4n) is 2.71. The molecular formula is C18H27BN2O10. The van der Waals surface area contributed by atoms with Crippen molar-refractivity contribution >= 4 is 19.6 Å². The molecule has 6 N–H and O–H groups in total. The lowest BCUT2D eigenvalue weighted by molar-refractivity contribution is -0.550. The molecule has 0 bridgehead atoms. The second-order valence-electron chi connectivity index (χ2n) is 8.03. The average Bonchev–Trinajstić information content (AvgIpc) is 2.58. The van der Waals surface area contributed by atoms with Crippen LogP contribution in [0.25, 0.3) is 0 Å². The van der Waals surface area contributed by atoms with E-state index in [4.69, 9.17) is 14.9 Å². The maximum atomic E-state index is 12.1. The first-order valence-electron chi connectivity index (χ1n) is 9.34. The van der Waals surface area contributed by atoms with Gasteiger partial charge in [0.25, 0.3) is 0 Å². The summed E-state index contributed by atoms with van der Waals surface area (Å²) in [6.45, 7) is 7.33. The van der Waals surface area contributed by atoms with Crippen LogP contribution in [0.2, 0.25) is 0 Å². The lowest BCUT2D eigenvalue weighted by atomic mass is 10.1. The Balaban J connectivity index is 1.96. The molecule has 1 aliphatic heterocycles. The molecule has 1 heterocycles. The van der Waals surface area contributed by atoms with Crippen molar-refractivity contribution < 1.29 is 49.6 Å². The van der Waals surface area contributed by atoms with Crippen LogP contribution in [0, 0.1) is 0 Å². The summed E-state index contributed by atoms with van der Waals surface area (Å²) in [5.74, 6) is -11.6. The number of piperazine rings is 1. The Labute approximate surface area is 180 Å². The van der Waals surface area contributed by atoms with Crippen LogP contribution in [0.15, 0.2) is 24.3 Å². The fraction of sp³-hybridized carbons (Fsp3) is 0.611. The van der Waals surface area contributed by atoms with Crippen LogP contribution in [-0.2, 0) is 9.47 Å². The van der Waals surface area contributed by atoms with E-state index in [-0.39, 0.29) is 11.8 Å². The zero-order valence-corrected chi connectivity index (χ0v) is 17.4. The molecule has 0 atom stereocenters. The first kappa shape index (κ1) is 25.1. The molecule has 1 saturated heterocycles. The summed E-state index contributed by atoms with van der Waals surface area (Å²) in [5, 5.41) is 56.1. The number of carbonyl (C=O) groups is 1. The topological polar surface area (TPSA) is 173 Å². The zero-order chi connectivity index (χ0) is 23.7. The number of benzene rings is 1. The molecule has 2 rings (SSSR count). The molecule has 1 amide bonds. The molecule has 0 unspecified atom stereocenters. The largest absolute Gasteiger partial charge is 0.444 e. The number of hydrogen-bond acceptors (Lipinski definition) is 11. The lowest BCUT2D eigenvalue weighted by Crippen LogP contribution is -2.63. The molecule has 0 aromatic heterocycles. The number of rotatable bonds is 6. The van der Waals surface area contributed by atoms with Crippen LogP contribution >= 0.6 is 0 Å². The minimum atomic E-state index is -3.98. The highest BCUT2D eigenvalue weighted by molar-refractivity contribution is 6.11. The van der Waals surface area contributed by atoms with E-state index in [9.17, 15) is 25.2 Å². The van der Waals surface area contributed by atoms with Crippen LogP contribution in [0.3, 0.4) is 0 Å². The summed E-state index contributed by atoms with van der Waals surface area (Å²) in [6.07, 6.45) is -0.385. The summed E-state index contributed by atoms with van der Waals surface area (Å²) in [5.41, 5.74) is 0.157. The van der Waals surface area contributed by atoms with Gasteiger partial charge in [0.05, 0.1) is 0 Å². The van der Waals surface area contributed by atoms with E-state index in [2.05, 4.69) is 17.3 Å². The predicted octanol–water partition coefficient (Wildman–Crippen LogP) is -1.82. The van der Waals surface area contributed by atoms with E-state index in [1.54, 1.807) is 37.8 Å². The number of amides is 1. The third-order valence-electron chi connectivity index (χ3n) is 4.11. The number of ether oxygens (including phenoxy) is 3. The third kappa shape index (κ3) is 7.21. The van der Waals surface area contributed by atoms with Crippen molar-refractivity contribution in [2.24, 2.45) is 0 Å². The fourth-order valence-corrected chi connectivity index (χ4v) is 2.71. The summed E-state index contributed by atoms with van der Waals surface area (Å²) in [7, 11) is 4.63. The molecule has 2 radical (unpaired) electrons. The number of hydrogen-bond donors (Lipinski definition) is 6. The molecule has 172 valence electrons. The van der Waals surface area contributed by atoms with Gasteiger partial charge in [0.1, 0.15) is 11.4 Å². The van der Waals surface area contributed by atoms with Crippen molar-refractivity contribution in [3.8, 4) is 5.75 Å². The summed E-state index contributed by atoms with van der Waals surface area (Å²) >= 11 is 0. The molecule has 0 aliphatic carbocycles. The Kier molecular flexibility index (Phi) is 7.12. The van der Waals surface area contributed by atoms with Gasteiger partial charge in [0.15, 0.2) is 7.85 Å². The maximum absolute atomic E-state index is 12.1. The first-order valence-corrected chi connectivity index (χ1v) is 9.34. The van der Waals surface area contributed by atoms with Crippen molar-refractivity contribution in [2.75, 3.05) is 31.1 Å². The van der Waals surface area contributed by atoms with E-state index in [0.29, 0.717) is 26.2 Å². The lowest BCUT2D eigenvalue weighted by Gasteiger charge is -2.37. The van der Waals surface area contributed by atoms with Crippen LogP contribution in [0.1, 0.15) is 20.8 Å². The van der Waals surface area contributed by atoms with Crippen molar-refractivity contribution in [3.05, 3.63) is 24.3 Å². The van der Waals surface area contributed by atoms with Crippen LogP contribution in [-0.4, -0.2) is 99.1 Å². The van der Waals surface area contributed by atoms with Crippen molar-refractivity contribution in [2.45, 2.75) is 44.2 Å². The van der Waals surface area contributed by atoms with Gasteiger partial charge in [-0.25, -0.2) is 4.79 Å². The Bertz CT molecular complexity index is 750. The zero-order valence-electron chi connectivity index (χ0n) is 17.4. The van der Waals surface area contributed by atoms with Gasteiger partial charge in [-0.1, -0.05) is 0 Å². The number of anilines is 1. The van der Waals surface area contributed by atoms with E-state index < -0.39 is 23.4 Å². The second kappa shape index (κ2) is 8.78. The van der Waals surface area contributed by atoms with E-state index in [1.165, 1.54) is 12.1 Å². The Hall–Kier alpha value is -2.13.